The third kappa shape index (κ3) is 4.34. The molecule has 0 fully saturated rings. The predicted molar refractivity (Wildman–Crippen MR) is 88.8 cm³/mol. The molecule has 0 saturated heterocycles. The van der Waals surface area contributed by atoms with Crippen molar-refractivity contribution in [1.29, 1.82) is 0 Å². The van der Waals surface area contributed by atoms with Gasteiger partial charge in [-0.1, -0.05) is 49.0 Å². The van der Waals surface area contributed by atoms with Crippen molar-refractivity contribution in [2.24, 2.45) is 7.05 Å². The van der Waals surface area contributed by atoms with Crippen molar-refractivity contribution >= 4 is 17.7 Å². The zero-order chi connectivity index (χ0) is 15.9. The standard InChI is InChI=1S/C16H22N4OS/c1-4-13(14-8-6-5-7-9-14)10-17-15(21)12(2)22-16-19-18-11-20(16)3/h5-9,11-13H,4,10H2,1-3H3,(H,17,21)/t12-,13-/m0/s1. The molecule has 1 aromatic heterocycles. The molecule has 2 atom stereocenters. The molecule has 118 valence electrons. The Morgan fingerprint density at radius 3 is 2.68 bits per heavy atom. The first-order chi connectivity index (χ1) is 10.6. The quantitative estimate of drug-likeness (QED) is 0.797. The van der Waals surface area contributed by atoms with E-state index in [1.807, 2.05) is 36.7 Å². The topological polar surface area (TPSA) is 59.8 Å². The average Bonchev–Trinajstić information content (AvgIpc) is 2.94. The Morgan fingerprint density at radius 1 is 1.36 bits per heavy atom. The summed E-state index contributed by atoms with van der Waals surface area (Å²) in [6.07, 6.45) is 2.63. The highest BCUT2D eigenvalue weighted by molar-refractivity contribution is 8.00. The zero-order valence-electron chi connectivity index (χ0n) is 13.2. The number of amides is 1. The van der Waals surface area contributed by atoms with Crippen LogP contribution in [0.1, 0.15) is 31.7 Å². The van der Waals surface area contributed by atoms with Gasteiger partial charge in [0.2, 0.25) is 5.91 Å². The number of nitrogens with zero attached hydrogens (tertiary/aromatic N) is 3. The fourth-order valence-corrected chi connectivity index (χ4v) is 3.00. The highest BCUT2D eigenvalue weighted by Crippen LogP contribution is 2.21. The minimum absolute atomic E-state index is 0.0300. The van der Waals surface area contributed by atoms with E-state index in [1.165, 1.54) is 17.3 Å². The van der Waals surface area contributed by atoms with Crippen LogP contribution in [0.25, 0.3) is 0 Å². The number of aryl methyl sites for hydroxylation is 1. The summed E-state index contributed by atoms with van der Waals surface area (Å²) in [6.45, 7) is 4.68. The average molecular weight is 318 g/mol. The Balaban J connectivity index is 1.87. The number of aromatic nitrogens is 3. The highest BCUT2D eigenvalue weighted by atomic mass is 32.2. The minimum Gasteiger partial charge on any atom is -0.355 e. The molecule has 5 nitrogen and oxygen atoms in total. The SMILES string of the molecule is CC[C@@H](CNC(=O)[C@H](C)Sc1nncn1C)c1ccccc1. The number of carbonyl (C=O) groups is 1. The van der Waals surface area contributed by atoms with E-state index >= 15 is 0 Å². The molecule has 1 amide bonds. The van der Waals surface area contributed by atoms with Gasteiger partial charge >= 0.3 is 0 Å². The van der Waals surface area contributed by atoms with E-state index in [1.54, 1.807) is 6.33 Å². The number of carbonyl (C=O) groups excluding carboxylic acids is 1. The van der Waals surface area contributed by atoms with Crippen LogP contribution in [0.2, 0.25) is 0 Å². The third-order valence-corrected chi connectivity index (χ3v) is 4.76. The summed E-state index contributed by atoms with van der Waals surface area (Å²) in [6, 6.07) is 10.3. The second-order valence-electron chi connectivity index (χ2n) is 5.25. The van der Waals surface area contributed by atoms with Gasteiger partial charge in [-0.05, 0) is 18.9 Å². The fourth-order valence-electron chi connectivity index (χ4n) is 2.18. The van der Waals surface area contributed by atoms with E-state index in [0.29, 0.717) is 12.5 Å². The number of nitrogens with one attached hydrogen (secondary N) is 1. The van der Waals surface area contributed by atoms with Crippen molar-refractivity contribution in [1.82, 2.24) is 20.1 Å². The summed E-state index contributed by atoms with van der Waals surface area (Å²) in [7, 11) is 1.87. The number of benzene rings is 1. The largest absolute Gasteiger partial charge is 0.355 e. The van der Waals surface area contributed by atoms with Crippen LogP contribution in [0.15, 0.2) is 41.8 Å². The lowest BCUT2D eigenvalue weighted by atomic mass is 9.96. The van der Waals surface area contributed by atoms with Crippen LogP contribution in [-0.2, 0) is 11.8 Å². The molecule has 6 heteroatoms. The van der Waals surface area contributed by atoms with Crippen molar-refractivity contribution < 1.29 is 4.79 Å². The molecule has 0 radical (unpaired) electrons. The molecule has 0 bridgehead atoms. The lowest BCUT2D eigenvalue weighted by Crippen LogP contribution is -2.34. The van der Waals surface area contributed by atoms with Crippen molar-refractivity contribution in [3.8, 4) is 0 Å². The maximum Gasteiger partial charge on any atom is 0.233 e. The molecular weight excluding hydrogens is 296 g/mol. The Hall–Kier alpha value is -1.82. The van der Waals surface area contributed by atoms with Gasteiger partial charge in [0, 0.05) is 19.5 Å². The van der Waals surface area contributed by atoms with Gasteiger partial charge in [-0.2, -0.15) is 0 Å². The van der Waals surface area contributed by atoms with Gasteiger partial charge in [-0.15, -0.1) is 10.2 Å². The van der Waals surface area contributed by atoms with Crippen LogP contribution in [0.5, 0.6) is 0 Å². The lowest BCUT2D eigenvalue weighted by molar-refractivity contribution is -0.120. The second kappa shape index (κ2) is 7.98. The first kappa shape index (κ1) is 16.5. The smallest absolute Gasteiger partial charge is 0.233 e. The minimum atomic E-state index is -0.198. The van der Waals surface area contributed by atoms with Crippen molar-refractivity contribution in [2.45, 2.75) is 36.6 Å². The summed E-state index contributed by atoms with van der Waals surface area (Å²) >= 11 is 1.42. The molecule has 0 aliphatic rings. The molecule has 22 heavy (non-hydrogen) atoms. The molecule has 0 aliphatic heterocycles. The number of thioether (sulfide) groups is 1. The third-order valence-electron chi connectivity index (χ3n) is 3.61. The first-order valence-corrected chi connectivity index (χ1v) is 8.33. The predicted octanol–water partition coefficient (Wildman–Crippen LogP) is 2.61. The Labute approximate surface area is 135 Å². The van der Waals surface area contributed by atoms with Crippen molar-refractivity contribution in [3.63, 3.8) is 0 Å². The molecule has 2 rings (SSSR count). The summed E-state index contributed by atoms with van der Waals surface area (Å²) in [5, 5.41) is 11.4. The molecular formula is C16H22N4OS. The van der Waals surface area contributed by atoms with Crippen LogP contribution in [0.3, 0.4) is 0 Å². The number of hydrogen-bond donors (Lipinski definition) is 1. The summed E-state index contributed by atoms with van der Waals surface area (Å²) in [5.74, 6) is 0.375. The summed E-state index contributed by atoms with van der Waals surface area (Å²) in [5.41, 5.74) is 1.26. The van der Waals surface area contributed by atoms with E-state index in [2.05, 4.69) is 34.6 Å². The van der Waals surface area contributed by atoms with E-state index in [9.17, 15) is 4.79 Å². The van der Waals surface area contributed by atoms with E-state index < -0.39 is 0 Å². The highest BCUT2D eigenvalue weighted by Gasteiger charge is 2.18. The van der Waals surface area contributed by atoms with E-state index in [4.69, 9.17) is 0 Å². The first-order valence-electron chi connectivity index (χ1n) is 7.45. The van der Waals surface area contributed by atoms with Crippen LogP contribution >= 0.6 is 11.8 Å². The Morgan fingerprint density at radius 2 is 2.09 bits per heavy atom. The van der Waals surface area contributed by atoms with Gasteiger partial charge in [-0.25, -0.2) is 0 Å². The molecule has 0 saturated carbocycles. The molecule has 2 aromatic rings. The monoisotopic (exact) mass is 318 g/mol. The van der Waals surface area contributed by atoms with Crippen LogP contribution in [0.4, 0.5) is 0 Å². The van der Waals surface area contributed by atoms with Gasteiger partial charge in [-0.3, -0.25) is 4.79 Å². The molecule has 1 heterocycles. The lowest BCUT2D eigenvalue weighted by Gasteiger charge is -2.18. The maximum absolute atomic E-state index is 12.2. The zero-order valence-corrected chi connectivity index (χ0v) is 14.0. The molecule has 1 N–H and O–H groups in total. The second-order valence-corrected chi connectivity index (χ2v) is 6.55. The van der Waals surface area contributed by atoms with E-state index in [-0.39, 0.29) is 11.2 Å². The maximum atomic E-state index is 12.2. The van der Waals surface area contributed by atoms with Gasteiger partial charge in [0.15, 0.2) is 5.16 Å². The van der Waals surface area contributed by atoms with E-state index in [0.717, 1.165) is 11.6 Å². The van der Waals surface area contributed by atoms with Gasteiger partial charge < -0.3 is 9.88 Å². The molecule has 0 spiro atoms. The number of hydrogen-bond acceptors (Lipinski definition) is 4. The van der Waals surface area contributed by atoms with Crippen LogP contribution in [0, 0.1) is 0 Å². The molecule has 0 unspecified atom stereocenters. The normalized spacial score (nSPS) is 13.6. The molecule has 1 aromatic carbocycles. The van der Waals surface area contributed by atoms with Gasteiger partial charge in [0.25, 0.3) is 0 Å². The fraction of sp³-hybridized carbons (Fsp3) is 0.438. The number of rotatable bonds is 7. The Bertz CT molecular complexity index is 599. The van der Waals surface area contributed by atoms with Crippen LogP contribution in [-0.4, -0.2) is 32.5 Å². The summed E-state index contributed by atoms with van der Waals surface area (Å²) < 4.78 is 1.81. The van der Waals surface area contributed by atoms with Gasteiger partial charge in [0.05, 0.1) is 5.25 Å². The Kier molecular flexibility index (Phi) is 6.00. The van der Waals surface area contributed by atoms with Crippen molar-refractivity contribution in [3.05, 3.63) is 42.2 Å². The van der Waals surface area contributed by atoms with Gasteiger partial charge in [0.1, 0.15) is 6.33 Å². The van der Waals surface area contributed by atoms with Crippen molar-refractivity contribution in [2.75, 3.05) is 6.54 Å². The summed E-state index contributed by atoms with van der Waals surface area (Å²) in [4.78, 5) is 12.2. The molecule has 0 aliphatic carbocycles. The van der Waals surface area contributed by atoms with Crippen LogP contribution < -0.4 is 5.32 Å².